The number of benzene rings is 1. The van der Waals surface area contributed by atoms with Gasteiger partial charge in [-0.2, -0.15) is 0 Å². The third-order valence-electron chi connectivity index (χ3n) is 11.0. The summed E-state index contributed by atoms with van der Waals surface area (Å²) in [5, 5.41) is 16.7. The average Bonchev–Trinajstić information content (AvgIpc) is 3.59. The molecule has 4 amide bonds. The summed E-state index contributed by atoms with van der Waals surface area (Å²) < 4.78 is 5.98. The van der Waals surface area contributed by atoms with E-state index >= 15 is 0 Å². The Bertz CT molecular complexity index is 1300. The van der Waals surface area contributed by atoms with Crippen molar-refractivity contribution in [3.05, 3.63) is 35.9 Å². The molecule has 0 bridgehead atoms. The van der Waals surface area contributed by atoms with Crippen molar-refractivity contribution in [1.82, 2.24) is 25.3 Å². The second kappa shape index (κ2) is 20.8. The first-order valence-corrected chi connectivity index (χ1v) is 19.0. The zero-order chi connectivity index (χ0) is 39.4. The monoisotopic (exact) mass is 730 g/mol. The molecule has 1 fully saturated rings. The van der Waals surface area contributed by atoms with Gasteiger partial charge < -0.3 is 35.1 Å². The van der Waals surface area contributed by atoms with Gasteiger partial charge in [-0.25, -0.2) is 0 Å². The number of nitrogens with zero attached hydrogens (tertiary/aromatic N) is 3. The van der Waals surface area contributed by atoms with Crippen molar-refractivity contribution >= 4 is 29.9 Å². The smallest absolute Gasteiger partial charge is 0.245 e. The van der Waals surface area contributed by atoms with Gasteiger partial charge >= 0.3 is 0 Å². The quantitative estimate of drug-likeness (QED) is 0.172. The number of likely N-dealkylation sites (N-methyl/N-ethyl adjacent to an activating group) is 2. The van der Waals surface area contributed by atoms with Crippen molar-refractivity contribution in [1.29, 1.82) is 0 Å². The Kier molecular flexibility index (Phi) is 17.9. The Morgan fingerprint density at radius 3 is 2.08 bits per heavy atom. The molecule has 0 aromatic heterocycles. The summed E-state index contributed by atoms with van der Waals surface area (Å²) >= 11 is 0. The van der Waals surface area contributed by atoms with E-state index in [4.69, 9.17) is 4.74 Å². The molecule has 2 rings (SSSR count). The lowest BCUT2D eigenvalue weighted by Crippen LogP contribution is -2.59. The fraction of sp³-hybridized carbons (Fsp3) is 0.725. The van der Waals surface area contributed by atoms with Gasteiger partial charge in [0, 0.05) is 38.6 Å². The van der Waals surface area contributed by atoms with Gasteiger partial charge in [0.05, 0.1) is 36.8 Å². The van der Waals surface area contributed by atoms with Crippen molar-refractivity contribution in [3.8, 4) is 0 Å². The molecular weight excluding hydrogens is 662 g/mol. The molecule has 1 aromatic rings. The highest BCUT2D eigenvalue weighted by molar-refractivity contribution is 5.90. The van der Waals surface area contributed by atoms with Crippen LogP contribution >= 0.6 is 0 Å². The molecule has 1 heterocycles. The number of aliphatic hydroxyl groups excluding tert-OH is 1. The Balaban J connectivity index is 2.26. The molecule has 1 aromatic carbocycles. The number of methoxy groups -OCH3 is 1. The third kappa shape index (κ3) is 11.3. The SMILES string of the molecule is CC[C@H](C)[C@@H]([C@@H](CC(=O)N1CCC[C@H]1[C@H](C=O)[C@@H](C)C(=O)N[C@H](C)[C@@H](O)c1ccccc1)OC)N(C)C(=O)[C@@H](NC(=O)C(C(C)C)N(C)C)C(C)C. The number of amides is 4. The van der Waals surface area contributed by atoms with E-state index in [9.17, 15) is 29.1 Å². The minimum Gasteiger partial charge on any atom is -0.386 e. The van der Waals surface area contributed by atoms with Crippen LogP contribution in [-0.4, -0.2) is 121 Å². The van der Waals surface area contributed by atoms with Crippen LogP contribution in [0.1, 0.15) is 92.7 Å². The summed E-state index contributed by atoms with van der Waals surface area (Å²) in [6.07, 6.45) is 1.12. The molecule has 3 N–H and O–H groups in total. The molecule has 1 unspecified atom stereocenters. The first kappa shape index (κ1) is 44.8. The Hall–Kier alpha value is -3.35. The minimum absolute atomic E-state index is 0.0269. The predicted octanol–water partition coefficient (Wildman–Crippen LogP) is 3.67. The lowest BCUT2D eigenvalue weighted by Gasteiger charge is -2.41. The van der Waals surface area contributed by atoms with Gasteiger partial charge in [-0.3, -0.25) is 24.1 Å². The maximum absolute atomic E-state index is 14.2. The first-order valence-electron chi connectivity index (χ1n) is 19.0. The summed E-state index contributed by atoms with van der Waals surface area (Å²) in [4.78, 5) is 72.8. The van der Waals surface area contributed by atoms with Crippen LogP contribution < -0.4 is 10.6 Å². The summed E-state index contributed by atoms with van der Waals surface area (Å²) in [6, 6.07) is 6.31. The summed E-state index contributed by atoms with van der Waals surface area (Å²) in [7, 11) is 6.93. The number of likely N-dealkylation sites (tertiary alicyclic amines) is 1. The largest absolute Gasteiger partial charge is 0.386 e. The van der Waals surface area contributed by atoms with Gasteiger partial charge in [-0.05, 0) is 57.2 Å². The highest BCUT2D eigenvalue weighted by Gasteiger charge is 2.43. The molecule has 12 nitrogen and oxygen atoms in total. The summed E-state index contributed by atoms with van der Waals surface area (Å²) in [6.45, 7) is 15.6. The van der Waals surface area contributed by atoms with Crippen LogP contribution in [0, 0.1) is 29.6 Å². The van der Waals surface area contributed by atoms with Gasteiger partial charge in [0.25, 0.3) is 0 Å². The number of aliphatic hydroxyl groups is 1. The molecule has 1 aliphatic rings. The van der Waals surface area contributed by atoms with Gasteiger partial charge in [-0.15, -0.1) is 0 Å². The molecule has 0 aliphatic carbocycles. The molecule has 0 spiro atoms. The molecular formula is C40H67N5O7. The maximum atomic E-state index is 14.2. The van der Waals surface area contributed by atoms with Crippen LogP contribution in [-0.2, 0) is 28.7 Å². The number of ether oxygens (including phenoxy) is 1. The average molecular weight is 730 g/mol. The highest BCUT2D eigenvalue weighted by Crippen LogP contribution is 2.31. The fourth-order valence-electron chi connectivity index (χ4n) is 7.72. The normalized spacial score (nSPS) is 20.0. The standard InChI is InChI=1S/C40H67N5O7/c1-13-26(6)36(44(11)40(51)34(24(2)3)42-39(50)35(25(4)5)43(9)10)32(52-12)22-33(47)45-21-17-20-31(45)30(23-46)27(7)38(49)41-28(8)37(48)29-18-15-14-16-19-29/h14-16,18-19,23-28,30-32,34-37,48H,13,17,20-22H2,1-12H3,(H,41,49)(H,42,50)/t26-,27+,28+,30+,31-,32+,34-,35?,36-,37+/m0/s1. The number of carbonyl (C=O) groups excluding carboxylic acids is 5. The first-order chi connectivity index (χ1) is 24.4. The molecule has 0 saturated carbocycles. The second-order valence-electron chi connectivity index (χ2n) is 15.6. The van der Waals surface area contributed by atoms with Crippen LogP contribution in [0.4, 0.5) is 0 Å². The number of rotatable bonds is 20. The predicted molar refractivity (Wildman–Crippen MR) is 203 cm³/mol. The van der Waals surface area contributed by atoms with Crippen LogP contribution in [0.25, 0.3) is 0 Å². The Morgan fingerprint density at radius 1 is 0.962 bits per heavy atom. The summed E-state index contributed by atoms with van der Waals surface area (Å²) in [5.74, 6) is -2.76. The van der Waals surface area contributed by atoms with Crippen molar-refractivity contribution in [2.75, 3.05) is 34.8 Å². The topological polar surface area (TPSA) is 149 Å². The molecule has 0 radical (unpaired) electrons. The number of hydrogen-bond donors (Lipinski definition) is 3. The van der Waals surface area contributed by atoms with Crippen molar-refractivity contribution < 1.29 is 33.8 Å². The number of aldehydes is 1. The van der Waals surface area contributed by atoms with E-state index in [2.05, 4.69) is 10.6 Å². The van der Waals surface area contributed by atoms with Gasteiger partial charge in [-0.1, -0.05) is 85.2 Å². The lowest BCUT2D eigenvalue weighted by atomic mass is 9.85. The van der Waals surface area contributed by atoms with E-state index in [1.165, 1.54) is 7.11 Å². The van der Waals surface area contributed by atoms with Gasteiger partial charge in [0.2, 0.25) is 23.6 Å². The van der Waals surface area contributed by atoms with Crippen LogP contribution in [0.3, 0.4) is 0 Å². The molecule has 294 valence electrons. The van der Waals surface area contributed by atoms with Crippen LogP contribution in [0.5, 0.6) is 0 Å². The number of carbonyl (C=O) groups is 5. The van der Waals surface area contributed by atoms with Crippen LogP contribution in [0.15, 0.2) is 30.3 Å². The lowest BCUT2D eigenvalue weighted by molar-refractivity contribution is -0.147. The maximum Gasteiger partial charge on any atom is 0.245 e. The van der Waals surface area contributed by atoms with E-state index in [0.717, 1.165) is 6.29 Å². The Morgan fingerprint density at radius 2 is 1.58 bits per heavy atom. The van der Waals surface area contributed by atoms with E-state index < -0.39 is 54.3 Å². The molecule has 1 saturated heterocycles. The Labute approximate surface area is 312 Å². The molecule has 1 aliphatic heterocycles. The van der Waals surface area contributed by atoms with Gasteiger partial charge in [0.15, 0.2) is 0 Å². The number of nitrogens with one attached hydrogen (secondary N) is 2. The zero-order valence-electron chi connectivity index (χ0n) is 33.7. The zero-order valence-corrected chi connectivity index (χ0v) is 33.7. The number of hydrogen-bond acceptors (Lipinski definition) is 8. The molecule has 10 atom stereocenters. The van der Waals surface area contributed by atoms with E-state index in [-0.39, 0.29) is 47.8 Å². The van der Waals surface area contributed by atoms with Crippen molar-refractivity contribution in [3.63, 3.8) is 0 Å². The third-order valence-corrected chi connectivity index (χ3v) is 11.0. The molecule has 52 heavy (non-hydrogen) atoms. The van der Waals surface area contributed by atoms with E-state index in [1.54, 1.807) is 42.8 Å². The van der Waals surface area contributed by atoms with E-state index in [0.29, 0.717) is 31.4 Å². The summed E-state index contributed by atoms with van der Waals surface area (Å²) in [5.41, 5.74) is 0.673. The highest BCUT2D eigenvalue weighted by atomic mass is 16.5. The second-order valence-corrected chi connectivity index (χ2v) is 15.6. The van der Waals surface area contributed by atoms with Crippen LogP contribution in [0.2, 0.25) is 0 Å². The van der Waals surface area contributed by atoms with Gasteiger partial charge in [0.1, 0.15) is 12.3 Å². The minimum atomic E-state index is -0.923. The van der Waals surface area contributed by atoms with Crippen molar-refractivity contribution in [2.24, 2.45) is 29.6 Å². The molecule has 12 heteroatoms. The van der Waals surface area contributed by atoms with Crippen molar-refractivity contribution in [2.45, 2.75) is 123 Å². The fourth-order valence-corrected chi connectivity index (χ4v) is 7.72. The van der Waals surface area contributed by atoms with E-state index in [1.807, 2.05) is 78.7 Å².